The molecule has 120 valence electrons. The number of hydrogen-bond donors (Lipinski definition) is 1. The van der Waals surface area contributed by atoms with E-state index >= 15 is 0 Å². The number of carbonyl (C=O) groups excluding carboxylic acids is 1. The molecule has 1 aliphatic heterocycles. The Bertz CT molecular complexity index is 587. The van der Waals surface area contributed by atoms with Gasteiger partial charge in [-0.3, -0.25) is 4.79 Å². The first-order valence-electron chi connectivity index (χ1n) is 6.85. The number of benzene rings is 1. The SMILES string of the molecule is NCC1CCN(C(=O)/C=C/c2ccc(Cl)c(C(F)(F)F)c2)C1. The minimum atomic E-state index is -4.52. The lowest BCUT2D eigenvalue weighted by Crippen LogP contribution is -2.28. The molecule has 3 nitrogen and oxygen atoms in total. The van der Waals surface area contributed by atoms with Crippen LogP contribution in [-0.2, 0) is 11.0 Å². The van der Waals surface area contributed by atoms with Crippen LogP contribution in [-0.4, -0.2) is 30.4 Å². The summed E-state index contributed by atoms with van der Waals surface area (Å²) in [5.41, 5.74) is 4.93. The fourth-order valence-electron chi connectivity index (χ4n) is 2.36. The van der Waals surface area contributed by atoms with E-state index in [9.17, 15) is 18.0 Å². The zero-order chi connectivity index (χ0) is 16.3. The predicted molar refractivity (Wildman–Crippen MR) is 79.2 cm³/mol. The van der Waals surface area contributed by atoms with Gasteiger partial charge in [0.15, 0.2) is 0 Å². The Morgan fingerprint density at radius 1 is 1.45 bits per heavy atom. The Balaban J connectivity index is 2.09. The van der Waals surface area contributed by atoms with Crippen molar-refractivity contribution >= 4 is 23.6 Å². The van der Waals surface area contributed by atoms with E-state index in [0.717, 1.165) is 12.5 Å². The minimum Gasteiger partial charge on any atom is -0.339 e. The molecule has 0 aliphatic carbocycles. The van der Waals surface area contributed by atoms with Crippen LogP contribution in [0.25, 0.3) is 6.08 Å². The fourth-order valence-corrected chi connectivity index (χ4v) is 2.59. The first-order valence-corrected chi connectivity index (χ1v) is 7.23. The maximum absolute atomic E-state index is 12.8. The molecule has 1 aliphatic rings. The molecule has 1 fully saturated rings. The lowest BCUT2D eigenvalue weighted by molar-refractivity contribution is -0.137. The van der Waals surface area contributed by atoms with Gasteiger partial charge in [-0.25, -0.2) is 0 Å². The number of nitrogens with two attached hydrogens (primary N) is 1. The summed E-state index contributed by atoms with van der Waals surface area (Å²) >= 11 is 5.55. The number of halogens is 4. The predicted octanol–water partition coefficient (Wildman–Crippen LogP) is 3.18. The highest BCUT2D eigenvalue weighted by atomic mass is 35.5. The molecule has 0 saturated carbocycles. The second kappa shape index (κ2) is 6.71. The number of alkyl halides is 3. The van der Waals surface area contributed by atoms with Crippen molar-refractivity contribution in [2.45, 2.75) is 12.6 Å². The van der Waals surface area contributed by atoms with E-state index in [1.807, 2.05) is 0 Å². The summed E-state index contributed by atoms with van der Waals surface area (Å²) in [6.45, 7) is 1.74. The van der Waals surface area contributed by atoms with Crippen LogP contribution < -0.4 is 5.73 Å². The second-order valence-corrected chi connectivity index (χ2v) is 5.65. The Kier molecular flexibility index (Phi) is 5.13. The molecule has 0 bridgehead atoms. The zero-order valence-corrected chi connectivity index (χ0v) is 12.5. The number of likely N-dealkylation sites (tertiary alicyclic amines) is 1. The average Bonchev–Trinajstić information content (AvgIpc) is 2.94. The smallest absolute Gasteiger partial charge is 0.339 e. The van der Waals surface area contributed by atoms with E-state index in [4.69, 9.17) is 17.3 Å². The van der Waals surface area contributed by atoms with E-state index in [-0.39, 0.29) is 16.5 Å². The van der Waals surface area contributed by atoms with Crippen molar-refractivity contribution in [3.63, 3.8) is 0 Å². The van der Waals surface area contributed by atoms with Gasteiger partial charge in [0.2, 0.25) is 5.91 Å². The van der Waals surface area contributed by atoms with Gasteiger partial charge in [-0.1, -0.05) is 17.7 Å². The standard InChI is InChI=1S/C15H16ClF3N2O/c16-13-3-1-10(7-12(13)15(17,18)19)2-4-14(22)21-6-5-11(8-20)9-21/h1-4,7,11H,5-6,8-9,20H2/b4-2+. The normalized spacial score (nSPS) is 19.1. The molecule has 0 radical (unpaired) electrons. The maximum atomic E-state index is 12.8. The molecule has 2 N–H and O–H groups in total. The van der Waals surface area contributed by atoms with Crippen LogP contribution in [0.15, 0.2) is 24.3 Å². The summed E-state index contributed by atoms with van der Waals surface area (Å²) in [6, 6.07) is 3.54. The van der Waals surface area contributed by atoms with Crippen molar-refractivity contribution < 1.29 is 18.0 Å². The Hall–Kier alpha value is -1.53. The summed E-state index contributed by atoms with van der Waals surface area (Å²) in [5.74, 6) is 0.0733. The first-order chi connectivity index (χ1) is 10.3. The number of hydrogen-bond acceptors (Lipinski definition) is 2. The van der Waals surface area contributed by atoms with Gasteiger partial charge in [0.1, 0.15) is 0 Å². The molecule has 0 spiro atoms. The molecule has 7 heteroatoms. The third-order valence-electron chi connectivity index (χ3n) is 3.65. The molecule has 2 rings (SSSR count). The van der Waals surface area contributed by atoms with Gasteiger partial charge in [0.25, 0.3) is 0 Å². The Morgan fingerprint density at radius 2 is 2.18 bits per heavy atom. The zero-order valence-electron chi connectivity index (χ0n) is 11.7. The third kappa shape index (κ3) is 4.01. The van der Waals surface area contributed by atoms with Crippen LogP contribution in [0.4, 0.5) is 13.2 Å². The number of carbonyl (C=O) groups is 1. The maximum Gasteiger partial charge on any atom is 0.417 e. The summed E-state index contributed by atoms with van der Waals surface area (Å²) < 4.78 is 38.3. The summed E-state index contributed by atoms with van der Waals surface area (Å²) in [5, 5.41) is -0.360. The van der Waals surface area contributed by atoms with Gasteiger partial charge in [-0.2, -0.15) is 13.2 Å². The fraction of sp³-hybridized carbons (Fsp3) is 0.400. The molecule has 1 aromatic rings. The lowest BCUT2D eigenvalue weighted by Gasteiger charge is -2.13. The van der Waals surface area contributed by atoms with Gasteiger partial charge in [0.05, 0.1) is 10.6 Å². The first kappa shape index (κ1) is 16.8. The quantitative estimate of drug-likeness (QED) is 0.864. The van der Waals surface area contributed by atoms with Gasteiger partial charge in [-0.15, -0.1) is 0 Å². The van der Waals surface area contributed by atoms with Crippen molar-refractivity contribution in [3.05, 3.63) is 40.4 Å². The molecule has 1 amide bonds. The molecule has 1 aromatic carbocycles. The molecule has 0 aromatic heterocycles. The number of amides is 1. The molecule has 1 heterocycles. The molecule has 22 heavy (non-hydrogen) atoms. The van der Waals surface area contributed by atoms with E-state index < -0.39 is 11.7 Å². The van der Waals surface area contributed by atoms with Crippen molar-refractivity contribution in [3.8, 4) is 0 Å². The molecule has 1 atom stereocenters. The van der Waals surface area contributed by atoms with Crippen molar-refractivity contribution in [1.29, 1.82) is 0 Å². The summed E-state index contributed by atoms with van der Waals surface area (Å²) in [7, 11) is 0. The van der Waals surface area contributed by atoms with Gasteiger partial charge in [0, 0.05) is 19.2 Å². The summed E-state index contributed by atoms with van der Waals surface area (Å²) in [4.78, 5) is 13.6. The number of rotatable bonds is 3. The lowest BCUT2D eigenvalue weighted by atomic mass is 10.1. The van der Waals surface area contributed by atoms with Gasteiger partial charge < -0.3 is 10.6 Å². The highest BCUT2D eigenvalue weighted by Crippen LogP contribution is 2.35. The molecular formula is C15H16ClF3N2O. The Morgan fingerprint density at radius 3 is 2.77 bits per heavy atom. The minimum absolute atomic E-state index is 0.223. The van der Waals surface area contributed by atoms with E-state index in [0.29, 0.717) is 25.6 Å². The third-order valence-corrected chi connectivity index (χ3v) is 3.97. The molecule has 1 unspecified atom stereocenters. The van der Waals surface area contributed by atoms with Crippen molar-refractivity contribution in [1.82, 2.24) is 4.90 Å². The molecular weight excluding hydrogens is 317 g/mol. The van der Waals surface area contributed by atoms with Crippen LogP contribution in [0.1, 0.15) is 17.5 Å². The monoisotopic (exact) mass is 332 g/mol. The van der Waals surface area contributed by atoms with Crippen LogP contribution >= 0.6 is 11.6 Å². The molecule has 1 saturated heterocycles. The highest BCUT2D eigenvalue weighted by molar-refractivity contribution is 6.31. The Labute approximate surface area is 131 Å². The number of nitrogens with zero attached hydrogens (tertiary/aromatic N) is 1. The van der Waals surface area contributed by atoms with E-state index in [2.05, 4.69) is 0 Å². The largest absolute Gasteiger partial charge is 0.417 e. The van der Waals surface area contributed by atoms with Gasteiger partial charge >= 0.3 is 6.18 Å². The highest BCUT2D eigenvalue weighted by Gasteiger charge is 2.33. The van der Waals surface area contributed by atoms with Gasteiger partial charge in [-0.05, 0) is 42.7 Å². The van der Waals surface area contributed by atoms with Crippen LogP contribution in [0.2, 0.25) is 5.02 Å². The second-order valence-electron chi connectivity index (χ2n) is 5.25. The van der Waals surface area contributed by atoms with Crippen LogP contribution in [0.5, 0.6) is 0 Å². The summed E-state index contributed by atoms with van der Waals surface area (Å²) in [6.07, 6.45) is -1.02. The topological polar surface area (TPSA) is 46.3 Å². The van der Waals surface area contributed by atoms with E-state index in [1.165, 1.54) is 24.3 Å². The van der Waals surface area contributed by atoms with E-state index in [1.54, 1.807) is 4.90 Å². The van der Waals surface area contributed by atoms with Crippen molar-refractivity contribution in [2.24, 2.45) is 11.7 Å². The van der Waals surface area contributed by atoms with Crippen LogP contribution in [0.3, 0.4) is 0 Å². The average molecular weight is 333 g/mol. The van der Waals surface area contributed by atoms with Crippen LogP contribution in [0, 0.1) is 5.92 Å². The van der Waals surface area contributed by atoms with Crippen molar-refractivity contribution in [2.75, 3.05) is 19.6 Å².